The van der Waals surface area contributed by atoms with E-state index in [1.807, 2.05) is 0 Å². The molecule has 30 heavy (non-hydrogen) atoms. The number of nitro benzene ring substituents is 1. The van der Waals surface area contributed by atoms with Gasteiger partial charge in [-0.1, -0.05) is 17.8 Å². The summed E-state index contributed by atoms with van der Waals surface area (Å²) in [4.78, 5) is 31.9. The second kappa shape index (κ2) is 8.08. The normalized spacial score (nSPS) is 21.2. The number of nitro groups is 1. The van der Waals surface area contributed by atoms with Gasteiger partial charge in [0.2, 0.25) is 15.9 Å². The van der Waals surface area contributed by atoms with Crippen LogP contribution >= 0.6 is 11.3 Å². The number of aromatic nitrogens is 1. The highest BCUT2D eigenvalue weighted by molar-refractivity contribution is 7.88. The number of non-ortho nitro benzene ring substituents is 1. The summed E-state index contributed by atoms with van der Waals surface area (Å²) in [6, 6.07) is 4.01. The van der Waals surface area contributed by atoms with E-state index in [2.05, 4.69) is 9.88 Å². The van der Waals surface area contributed by atoms with Crippen LogP contribution in [0.4, 0.5) is 10.8 Å². The van der Waals surface area contributed by atoms with Gasteiger partial charge in [-0.2, -0.15) is 4.31 Å². The SMILES string of the molecule is CS(=O)(=O)N1CCCCC1C(=O)N1CCN(c2nc3ccc([N+](=O)[O-])cc3s2)CC1. The van der Waals surface area contributed by atoms with Crippen molar-refractivity contribution in [3.05, 3.63) is 28.3 Å². The van der Waals surface area contributed by atoms with E-state index in [9.17, 15) is 23.3 Å². The molecule has 0 bridgehead atoms. The van der Waals surface area contributed by atoms with Gasteiger partial charge in [0.25, 0.3) is 5.69 Å². The summed E-state index contributed by atoms with van der Waals surface area (Å²) >= 11 is 1.40. The Bertz CT molecular complexity index is 1080. The second-order valence-corrected chi connectivity index (χ2v) is 10.5. The van der Waals surface area contributed by atoms with Crippen molar-refractivity contribution in [1.82, 2.24) is 14.2 Å². The van der Waals surface area contributed by atoms with Gasteiger partial charge >= 0.3 is 0 Å². The Kier molecular flexibility index (Phi) is 5.64. The standard InChI is InChI=1S/C18H23N5O5S2/c1-30(27,28)22-7-3-2-4-15(22)17(24)20-8-10-21(11-9-20)18-19-14-6-5-13(23(25)26)12-16(14)29-18/h5-6,12,15H,2-4,7-11H2,1H3. The third-order valence-electron chi connectivity index (χ3n) is 5.60. The summed E-state index contributed by atoms with van der Waals surface area (Å²) in [6.45, 7) is 2.54. The highest BCUT2D eigenvalue weighted by Crippen LogP contribution is 2.32. The smallest absolute Gasteiger partial charge is 0.270 e. The molecule has 0 radical (unpaired) electrons. The summed E-state index contributed by atoms with van der Waals surface area (Å²) in [5.74, 6) is -0.125. The zero-order valence-electron chi connectivity index (χ0n) is 16.6. The van der Waals surface area contributed by atoms with Crippen LogP contribution in [-0.4, -0.2) is 78.5 Å². The van der Waals surface area contributed by atoms with Crippen LogP contribution in [0.5, 0.6) is 0 Å². The lowest BCUT2D eigenvalue weighted by Crippen LogP contribution is -2.57. The van der Waals surface area contributed by atoms with Crippen molar-refractivity contribution >= 4 is 48.3 Å². The van der Waals surface area contributed by atoms with Crippen LogP contribution in [0, 0.1) is 10.1 Å². The number of thiazole rings is 1. The van der Waals surface area contributed by atoms with Crippen molar-refractivity contribution in [2.75, 3.05) is 43.9 Å². The quantitative estimate of drug-likeness (QED) is 0.510. The first-order valence-electron chi connectivity index (χ1n) is 9.79. The average molecular weight is 454 g/mol. The third kappa shape index (κ3) is 4.12. The maximum atomic E-state index is 13.0. The van der Waals surface area contributed by atoms with Gasteiger partial charge in [0.1, 0.15) is 6.04 Å². The highest BCUT2D eigenvalue weighted by atomic mass is 32.2. The summed E-state index contributed by atoms with van der Waals surface area (Å²) in [5, 5.41) is 11.7. The van der Waals surface area contributed by atoms with Gasteiger partial charge in [0.05, 0.1) is 21.4 Å². The van der Waals surface area contributed by atoms with E-state index in [1.54, 1.807) is 11.0 Å². The first kappa shape index (κ1) is 20.9. The number of sulfonamides is 1. The van der Waals surface area contributed by atoms with Crippen molar-refractivity contribution in [3.8, 4) is 0 Å². The molecule has 2 aliphatic rings. The number of rotatable bonds is 4. The van der Waals surface area contributed by atoms with Crippen LogP contribution in [0.1, 0.15) is 19.3 Å². The van der Waals surface area contributed by atoms with Crippen molar-refractivity contribution in [2.24, 2.45) is 0 Å². The number of nitrogens with zero attached hydrogens (tertiary/aromatic N) is 5. The fourth-order valence-electron chi connectivity index (χ4n) is 4.03. The Morgan fingerprint density at radius 3 is 2.60 bits per heavy atom. The van der Waals surface area contributed by atoms with Crippen molar-refractivity contribution in [2.45, 2.75) is 25.3 Å². The number of anilines is 1. The molecule has 10 nitrogen and oxygen atoms in total. The predicted octanol–water partition coefficient (Wildman–Crippen LogP) is 1.67. The number of carbonyl (C=O) groups is 1. The number of benzene rings is 1. The highest BCUT2D eigenvalue weighted by Gasteiger charge is 2.37. The molecule has 0 aliphatic carbocycles. The van der Waals surface area contributed by atoms with Crippen LogP contribution in [0.25, 0.3) is 10.2 Å². The van der Waals surface area contributed by atoms with E-state index in [0.717, 1.165) is 28.9 Å². The molecule has 0 saturated carbocycles. The first-order valence-corrected chi connectivity index (χ1v) is 12.5. The lowest BCUT2D eigenvalue weighted by molar-refractivity contribution is -0.384. The Labute approximate surface area is 178 Å². The fourth-order valence-corrected chi connectivity index (χ4v) is 6.20. The lowest BCUT2D eigenvalue weighted by Gasteiger charge is -2.39. The largest absolute Gasteiger partial charge is 0.345 e. The zero-order valence-corrected chi connectivity index (χ0v) is 18.2. The molecule has 2 aliphatic heterocycles. The van der Waals surface area contributed by atoms with Crippen LogP contribution in [0.2, 0.25) is 0 Å². The van der Waals surface area contributed by atoms with Gasteiger partial charge in [0.15, 0.2) is 5.13 Å². The van der Waals surface area contributed by atoms with E-state index >= 15 is 0 Å². The van der Waals surface area contributed by atoms with E-state index < -0.39 is 21.0 Å². The fraction of sp³-hybridized carbons (Fsp3) is 0.556. The van der Waals surface area contributed by atoms with Crippen LogP contribution in [0.15, 0.2) is 18.2 Å². The number of piperidine rings is 1. The van der Waals surface area contributed by atoms with Gasteiger partial charge in [-0.05, 0) is 18.9 Å². The average Bonchev–Trinajstić information content (AvgIpc) is 3.16. The molecule has 4 rings (SSSR count). The van der Waals surface area contributed by atoms with E-state index in [1.165, 1.54) is 27.8 Å². The van der Waals surface area contributed by atoms with Crippen LogP contribution in [0.3, 0.4) is 0 Å². The van der Waals surface area contributed by atoms with Gasteiger partial charge in [-0.15, -0.1) is 0 Å². The molecule has 2 saturated heterocycles. The molecular weight excluding hydrogens is 430 g/mol. The number of piperazine rings is 1. The molecule has 1 amide bonds. The molecule has 2 aromatic rings. The Balaban J connectivity index is 1.44. The lowest BCUT2D eigenvalue weighted by atomic mass is 10.0. The second-order valence-electron chi connectivity index (χ2n) is 7.60. The summed E-state index contributed by atoms with van der Waals surface area (Å²) in [5.41, 5.74) is 0.751. The maximum absolute atomic E-state index is 13.0. The predicted molar refractivity (Wildman–Crippen MR) is 114 cm³/mol. The Morgan fingerprint density at radius 2 is 1.93 bits per heavy atom. The van der Waals surface area contributed by atoms with Gasteiger partial charge in [-0.3, -0.25) is 14.9 Å². The van der Waals surface area contributed by atoms with Crippen molar-refractivity contribution in [1.29, 1.82) is 0 Å². The summed E-state index contributed by atoms with van der Waals surface area (Å²) in [6.07, 6.45) is 3.34. The molecule has 1 aromatic heterocycles. The molecule has 3 heterocycles. The molecule has 162 valence electrons. The van der Waals surface area contributed by atoms with Gasteiger partial charge < -0.3 is 9.80 Å². The molecule has 1 aromatic carbocycles. The number of fused-ring (bicyclic) bond motifs is 1. The Morgan fingerprint density at radius 1 is 1.20 bits per heavy atom. The molecule has 12 heteroatoms. The molecular formula is C18H23N5O5S2. The van der Waals surface area contributed by atoms with Gasteiger partial charge in [0, 0.05) is 44.9 Å². The van der Waals surface area contributed by atoms with E-state index in [4.69, 9.17) is 0 Å². The van der Waals surface area contributed by atoms with Crippen LogP contribution < -0.4 is 4.90 Å². The zero-order chi connectivity index (χ0) is 21.5. The molecule has 1 unspecified atom stereocenters. The third-order valence-corrected chi connectivity index (χ3v) is 7.97. The minimum atomic E-state index is -3.42. The van der Waals surface area contributed by atoms with Gasteiger partial charge in [-0.25, -0.2) is 13.4 Å². The number of carbonyl (C=O) groups excluding carboxylic acids is 1. The number of amides is 1. The Hall–Kier alpha value is -2.31. The number of hydrogen-bond acceptors (Lipinski definition) is 8. The molecule has 1 atom stereocenters. The minimum Gasteiger partial charge on any atom is -0.345 e. The van der Waals surface area contributed by atoms with E-state index in [0.29, 0.717) is 44.7 Å². The number of hydrogen-bond donors (Lipinski definition) is 0. The van der Waals surface area contributed by atoms with Crippen molar-refractivity contribution < 1.29 is 18.1 Å². The van der Waals surface area contributed by atoms with Crippen LogP contribution in [-0.2, 0) is 14.8 Å². The maximum Gasteiger partial charge on any atom is 0.270 e. The summed E-state index contributed by atoms with van der Waals surface area (Å²) in [7, 11) is -3.42. The first-order chi connectivity index (χ1) is 14.2. The minimum absolute atomic E-state index is 0.0380. The topological polar surface area (TPSA) is 117 Å². The summed E-state index contributed by atoms with van der Waals surface area (Å²) < 4.78 is 26.2. The van der Waals surface area contributed by atoms with E-state index in [-0.39, 0.29) is 11.6 Å². The molecule has 0 N–H and O–H groups in total. The molecule has 2 fully saturated rings. The van der Waals surface area contributed by atoms with Crippen molar-refractivity contribution in [3.63, 3.8) is 0 Å². The molecule has 0 spiro atoms. The monoisotopic (exact) mass is 453 g/mol.